The highest BCUT2D eigenvalue weighted by atomic mass is 16.5. The maximum Gasteiger partial charge on any atom is 0.159 e. The van der Waals surface area contributed by atoms with Crippen molar-refractivity contribution in [2.75, 3.05) is 9.80 Å². The van der Waals surface area contributed by atoms with E-state index in [1.807, 2.05) is 24.3 Å². The van der Waals surface area contributed by atoms with Crippen LogP contribution in [0.1, 0.15) is 11.1 Å². The summed E-state index contributed by atoms with van der Waals surface area (Å²) >= 11 is 0. The number of hydrogen-bond acceptors (Lipinski definition) is 4. The molecule has 0 atom stereocenters. The Morgan fingerprint density at radius 3 is 1.82 bits per heavy atom. The number of hydrogen-bond donors (Lipinski definition) is 0. The molecule has 0 N–H and O–H groups in total. The lowest BCUT2D eigenvalue weighted by Gasteiger charge is -2.34. The van der Waals surface area contributed by atoms with Crippen LogP contribution in [0.5, 0.6) is 23.0 Å². The lowest BCUT2D eigenvalue weighted by Crippen LogP contribution is -2.16. The monoisotopic (exact) mass is 782 g/mol. The molecule has 0 aliphatic carbocycles. The number of nitrogens with zero attached hydrogens (tertiary/aromatic N) is 2. The number of fused-ring (bicyclic) bond motifs is 10. The number of benzene rings is 10. The van der Waals surface area contributed by atoms with Crippen LogP contribution in [0.15, 0.2) is 201 Å². The molecule has 2 heterocycles. The summed E-state index contributed by atoms with van der Waals surface area (Å²) in [5.74, 6) is 3.22. The van der Waals surface area contributed by atoms with E-state index in [2.05, 4.69) is 199 Å². The number of aryl methyl sites for hydroxylation is 1. The van der Waals surface area contributed by atoms with E-state index in [4.69, 9.17) is 9.47 Å². The molecule has 4 nitrogen and oxygen atoms in total. The topological polar surface area (TPSA) is 24.9 Å². The van der Waals surface area contributed by atoms with Crippen LogP contribution in [0.3, 0.4) is 0 Å². The predicted octanol–water partition coefficient (Wildman–Crippen LogP) is 16.6. The molecule has 2 aliphatic rings. The smallest absolute Gasteiger partial charge is 0.159 e. The molecule has 10 aromatic rings. The zero-order chi connectivity index (χ0) is 40.6. The van der Waals surface area contributed by atoms with E-state index in [-0.39, 0.29) is 0 Å². The molecule has 0 radical (unpaired) electrons. The first-order valence-corrected chi connectivity index (χ1v) is 20.7. The minimum Gasteiger partial charge on any atom is -0.453 e. The third kappa shape index (κ3) is 5.46. The van der Waals surface area contributed by atoms with Crippen molar-refractivity contribution in [1.29, 1.82) is 0 Å². The van der Waals surface area contributed by atoms with Crippen LogP contribution in [-0.2, 0) is 0 Å². The van der Waals surface area contributed by atoms with Gasteiger partial charge in [-0.15, -0.1) is 0 Å². The second-order valence-corrected chi connectivity index (χ2v) is 15.7. The molecule has 0 fully saturated rings. The van der Waals surface area contributed by atoms with Gasteiger partial charge in [-0.3, -0.25) is 0 Å². The van der Waals surface area contributed by atoms with E-state index < -0.39 is 0 Å². The van der Waals surface area contributed by atoms with E-state index in [1.165, 1.54) is 43.4 Å². The highest BCUT2D eigenvalue weighted by molar-refractivity contribution is 6.14. The first-order valence-electron chi connectivity index (χ1n) is 20.7. The summed E-state index contributed by atoms with van der Waals surface area (Å²) in [5, 5.41) is 9.46. The van der Waals surface area contributed by atoms with Crippen molar-refractivity contribution < 1.29 is 9.47 Å². The Kier molecular flexibility index (Phi) is 7.87. The SMILES string of the molecule is C=C/C=C\c1c(C)c2ccccc2c2ccc(N3c4ccc(-c5ccc6c(c5)Oc5ccccc5N6c5cccc6ccccc56)cc4Oc4c3ccc3ccccc43)cc12. The molecule has 0 bridgehead atoms. The highest BCUT2D eigenvalue weighted by Gasteiger charge is 2.30. The Bertz CT molecular complexity index is 3490. The molecule has 0 amide bonds. The molecule has 288 valence electrons. The lowest BCUT2D eigenvalue weighted by molar-refractivity contribution is 0.477. The molecular formula is C57H38N2O2. The summed E-state index contributed by atoms with van der Waals surface area (Å²) in [4.78, 5) is 4.67. The van der Waals surface area contributed by atoms with Gasteiger partial charge in [-0.05, 0) is 122 Å². The average molecular weight is 783 g/mol. The number of para-hydroxylation sites is 2. The Morgan fingerprint density at radius 1 is 0.426 bits per heavy atom. The molecule has 10 aromatic carbocycles. The van der Waals surface area contributed by atoms with Gasteiger partial charge in [0.15, 0.2) is 23.0 Å². The minimum absolute atomic E-state index is 0.782. The summed E-state index contributed by atoms with van der Waals surface area (Å²) in [6.07, 6.45) is 6.06. The first kappa shape index (κ1) is 34.9. The summed E-state index contributed by atoms with van der Waals surface area (Å²) < 4.78 is 13.7. The zero-order valence-corrected chi connectivity index (χ0v) is 33.5. The van der Waals surface area contributed by atoms with Crippen molar-refractivity contribution in [2.45, 2.75) is 6.92 Å². The molecule has 0 saturated heterocycles. The number of anilines is 6. The van der Waals surface area contributed by atoms with Crippen molar-refractivity contribution in [2.24, 2.45) is 0 Å². The van der Waals surface area contributed by atoms with E-state index >= 15 is 0 Å². The molecule has 0 spiro atoms. The summed E-state index contributed by atoms with van der Waals surface area (Å²) in [7, 11) is 0. The third-order valence-electron chi connectivity index (χ3n) is 12.4. The van der Waals surface area contributed by atoms with E-state index in [9.17, 15) is 0 Å². The second kappa shape index (κ2) is 13.8. The predicted molar refractivity (Wildman–Crippen MR) is 255 cm³/mol. The van der Waals surface area contributed by atoms with Gasteiger partial charge in [-0.25, -0.2) is 0 Å². The van der Waals surface area contributed by atoms with Crippen molar-refractivity contribution in [3.63, 3.8) is 0 Å². The standard InChI is InChI=1S/C57H38N2O2/c1-3-4-17-43-36(2)42-18-9-10-21-46(42)47-29-28-41(35-48(43)47)58-51-30-26-40(34-56(51)61-57-45-20-8-6-15-38(45)25-32-53(57)58)39-27-31-52-55(33-39)60-54-24-12-11-22-50(54)59(52)49-23-13-16-37-14-5-7-19-44(37)49/h3-35H,1H2,2H3/b17-4-. The second-order valence-electron chi connectivity index (χ2n) is 15.7. The van der Waals surface area contributed by atoms with Crippen molar-refractivity contribution in [3.8, 4) is 34.1 Å². The van der Waals surface area contributed by atoms with Crippen LogP contribution >= 0.6 is 0 Å². The largest absolute Gasteiger partial charge is 0.453 e. The van der Waals surface area contributed by atoms with Crippen LogP contribution in [0, 0.1) is 6.92 Å². The Labute approximate surface area is 354 Å². The summed E-state index contributed by atoms with van der Waals surface area (Å²) in [6, 6.07) is 64.7. The average Bonchev–Trinajstić information content (AvgIpc) is 3.32. The Balaban J connectivity index is 1.02. The maximum absolute atomic E-state index is 7.02. The summed E-state index contributed by atoms with van der Waals surface area (Å²) in [6.45, 7) is 6.20. The van der Waals surface area contributed by atoms with Crippen molar-refractivity contribution in [3.05, 3.63) is 212 Å². The van der Waals surface area contributed by atoms with Crippen molar-refractivity contribution >= 4 is 83.3 Å². The van der Waals surface area contributed by atoms with E-state index in [0.717, 1.165) is 79.0 Å². The van der Waals surface area contributed by atoms with Gasteiger partial charge < -0.3 is 19.3 Å². The number of allylic oxidation sites excluding steroid dienone is 2. The molecule has 2 aliphatic heterocycles. The van der Waals surface area contributed by atoms with E-state index in [1.54, 1.807) is 0 Å². The third-order valence-corrected chi connectivity index (χ3v) is 12.4. The van der Waals surface area contributed by atoms with Gasteiger partial charge in [0.05, 0.1) is 28.4 Å². The van der Waals surface area contributed by atoms with Crippen LogP contribution in [0.25, 0.3) is 60.3 Å². The maximum atomic E-state index is 7.02. The van der Waals surface area contributed by atoms with Gasteiger partial charge >= 0.3 is 0 Å². The number of rotatable bonds is 5. The van der Waals surface area contributed by atoms with Gasteiger partial charge in [0.25, 0.3) is 0 Å². The zero-order valence-electron chi connectivity index (χ0n) is 33.5. The number of ether oxygens (including phenoxy) is 2. The van der Waals surface area contributed by atoms with Crippen LogP contribution in [-0.4, -0.2) is 0 Å². The molecule has 4 heteroatoms. The first-order chi connectivity index (χ1) is 30.1. The van der Waals surface area contributed by atoms with Gasteiger partial charge in [0.1, 0.15) is 0 Å². The summed E-state index contributed by atoms with van der Waals surface area (Å²) in [5.41, 5.74) is 10.6. The minimum atomic E-state index is 0.782. The van der Waals surface area contributed by atoms with Crippen molar-refractivity contribution in [1.82, 2.24) is 0 Å². The Morgan fingerprint density at radius 2 is 1.02 bits per heavy atom. The fourth-order valence-electron chi connectivity index (χ4n) is 9.49. The molecular weight excluding hydrogens is 745 g/mol. The van der Waals surface area contributed by atoms with Gasteiger partial charge in [-0.1, -0.05) is 146 Å². The quantitative estimate of drug-likeness (QED) is 0.128. The molecule has 12 rings (SSSR count). The van der Waals surface area contributed by atoms with Crippen LogP contribution < -0.4 is 19.3 Å². The molecule has 61 heavy (non-hydrogen) atoms. The van der Waals surface area contributed by atoms with Gasteiger partial charge in [0.2, 0.25) is 0 Å². The molecule has 0 saturated carbocycles. The van der Waals surface area contributed by atoms with Crippen LogP contribution in [0.2, 0.25) is 0 Å². The molecule has 0 aromatic heterocycles. The fourth-order valence-corrected chi connectivity index (χ4v) is 9.49. The normalized spacial score (nSPS) is 12.9. The van der Waals surface area contributed by atoms with Crippen LogP contribution in [0.4, 0.5) is 34.1 Å². The van der Waals surface area contributed by atoms with Gasteiger partial charge in [-0.2, -0.15) is 0 Å². The Hall–Kier alpha value is -8.08. The van der Waals surface area contributed by atoms with Gasteiger partial charge in [0, 0.05) is 16.5 Å². The lowest BCUT2D eigenvalue weighted by atomic mass is 9.91. The fraction of sp³-hybridized carbons (Fsp3) is 0.0175. The highest BCUT2D eigenvalue weighted by Crippen LogP contribution is 2.56. The molecule has 0 unspecified atom stereocenters. The van der Waals surface area contributed by atoms with E-state index in [0.29, 0.717) is 0 Å².